The fourth-order valence-electron chi connectivity index (χ4n) is 2.39. The number of hydrogen-bond acceptors (Lipinski definition) is 4. The van der Waals surface area contributed by atoms with Gasteiger partial charge in [0.1, 0.15) is 5.82 Å². The van der Waals surface area contributed by atoms with Crippen molar-refractivity contribution in [1.29, 1.82) is 0 Å². The van der Waals surface area contributed by atoms with Gasteiger partial charge in [-0.1, -0.05) is 26.0 Å². The van der Waals surface area contributed by atoms with Crippen LogP contribution in [0.15, 0.2) is 24.3 Å². The molecule has 0 aromatic heterocycles. The maximum atomic E-state index is 12.9. The van der Waals surface area contributed by atoms with Crippen molar-refractivity contribution < 1.29 is 18.8 Å². The molecule has 0 radical (unpaired) electrons. The van der Waals surface area contributed by atoms with Gasteiger partial charge in [-0.25, -0.2) is 14.1 Å². The Kier molecular flexibility index (Phi) is 5.10. The van der Waals surface area contributed by atoms with Gasteiger partial charge < -0.3 is 0 Å². The summed E-state index contributed by atoms with van der Waals surface area (Å²) in [4.78, 5) is 39.7. The van der Waals surface area contributed by atoms with Crippen molar-refractivity contribution in [3.05, 3.63) is 35.6 Å². The van der Waals surface area contributed by atoms with Crippen LogP contribution in [-0.2, 0) is 16.1 Å². The number of nitrogens with zero attached hydrogens (tertiary/aromatic N) is 3. The highest BCUT2D eigenvalue weighted by atomic mass is 19.1. The van der Waals surface area contributed by atoms with E-state index in [1.165, 1.54) is 12.1 Å². The highest BCUT2D eigenvalue weighted by molar-refractivity contribution is 6.44. The lowest BCUT2D eigenvalue weighted by molar-refractivity contribution is -0.144. The monoisotopic (exact) mass is 321 g/mol. The van der Waals surface area contributed by atoms with Crippen LogP contribution in [0, 0.1) is 11.7 Å². The van der Waals surface area contributed by atoms with Gasteiger partial charge in [-0.05, 0) is 30.7 Å². The van der Waals surface area contributed by atoms with E-state index < -0.39 is 17.8 Å². The number of hydrogen-bond donors (Lipinski definition) is 0. The lowest BCUT2D eigenvalue weighted by Gasteiger charge is -2.22. The molecular weight excluding hydrogens is 301 g/mol. The van der Waals surface area contributed by atoms with Crippen LogP contribution in [0.1, 0.15) is 19.4 Å². The number of benzene rings is 1. The first kappa shape index (κ1) is 17.1. The standard InChI is InChI=1S/C16H20FN3O3/c1-11(2)8-19-14(21)15(22)20(16(19)23)10-18(3)9-12-4-6-13(17)7-5-12/h4-7,11H,8-10H2,1-3H3. The summed E-state index contributed by atoms with van der Waals surface area (Å²) < 4.78 is 12.9. The highest BCUT2D eigenvalue weighted by Gasteiger charge is 2.44. The molecule has 7 heteroatoms. The third-order valence-corrected chi connectivity index (χ3v) is 3.43. The second-order valence-electron chi connectivity index (χ2n) is 6.11. The first-order valence-electron chi connectivity index (χ1n) is 7.40. The Morgan fingerprint density at radius 1 is 1.04 bits per heavy atom. The summed E-state index contributed by atoms with van der Waals surface area (Å²) >= 11 is 0. The Hall–Kier alpha value is -2.28. The fourth-order valence-corrected chi connectivity index (χ4v) is 2.39. The molecule has 0 unspecified atom stereocenters. The molecule has 0 spiro atoms. The number of halogens is 1. The SMILES string of the molecule is CC(C)CN1C(=O)C(=O)N(CN(C)Cc2ccc(F)cc2)C1=O. The van der Waals surface area contributed by atoms with Gasteiger partial charge in [0.2, 0.25) is 0 Å². The van der Waals surface area contributed by atoms with Crippen LogP contribution >= 0.6 is 0 Å². The summed E-state index contributed by atoms with van der Waals surface area (Å²) in [5, 5.41) is 0. The molecule has 1 aromatic rings. The van der Waals surface area contributed by atoms with Crippen LogP contribution in [0.25, 0.3) is 0 Å². The van der Waals surface area contributed by atoms with Gasteiger partial charge in [-0.3, -0.25) is 19.4 Å². The average molecular weight is 321 g/mol. The van der Waals surface area contributed by atoms with Crippen LogP contribution in [0.4, 0.5) is 9.18 Å². The third-order valence-electron chi connectivity index (χ3n) is 3.43. The van der Waals surface area contributed by atoms with Crippen molar-refractivity contribution in [2.75, 3.05) is 20.3 Å². The minimum atomic E-state index is -0.804. The summed E-state index contributed by atoms with van der Waals surface area (Å²) in [5.74, 6) is -1.82. The van der Waals surface area contributed by atoms with E-state index >= 15 is 0 Å². The molecular formula is C16H20FN3O3. The molecule has 1 aromatic carbocycles. The molecule has 0 bridgehead atoms. The Balaban J connectivity index is 2.01. The smallest absolute Gasteiger partial charge is 0.284 e. The molecule has 2 rings (SSSR count). The Bertz CT molecular complexity index is 616. The molecule has 124 valence electrons. The van der Waals surface area contributed by atoms with E-state index in [4.69, 9.17) is 0 Å². The van der Waals surface area contributed by atoms with E-state index in [2.05, 4.69) is 0 Å². The normalized spacial score (nSPS) is 15.5. The molecule has 1 aliphatic heterocycles. The number of imide groups is 2. The van der Waals surface area contributed by atoms with Gasteiger partial charge in [0.25, 0.3) is 0 Å². The number of urea groups is 1. The van der Waals surface area contributed by atoms with Crippen LogP contribution < -0.4 is 0 Å². The Labute approximate surface area is 134 Å². The molecule has 23 heavy (non-hydrogen) atoms. The lowest BCUT2D eigenvalue weighted by Crippen LogP contribution is -2.41. The van der Waals surface area contributed by atoms with E-state index in [1.54, 1.807) is 24.1 Å². The van der Waals surface area contributed by atoms with Gasteiger partial charge >= 0.3 is 17.8 Å². The molecule has 1 fully saturated rings. The largest absolute Gasteiger partial charge is 0.335 e. The summed E-state index contributed by atoms with van der Waals surface area (Å²) in [7, 11) is 1.72. The summed E-state index contributed by atoms with van der Waals surface area (Å²) in [5.41, 5.74) is 0.846. The number of rotatable bonds is 6. The van der Waals surface area contributed by atoms with E-state index in [0.717, 1.165) is 15.4 Å². The van der Waals surface area contributed by atoms with E-state index in [9.17, 15) is 18.8 Å². The minimum Gasteiger partial charge on any atom is -0.284 e. The number of carbonyl (C=O) groups excluding carboxylic acids is 3. The third kappa shape index (κ3) is 3.92. The molecule has 0 saturated carbocycles. The summed E-state index contributed by atoms with van der Waals surface area (Å²) in [6, 6.07) is 5.39. The van der Waals surface area contributed by atoms with Crippen LogP contribution in [0.3, 0.4) is 0 Å². The maximum Gasteiger partial charge on any atom is 0.335 e. The van der Waals surface area contributed by atoms with Gasteiger partial charge in [0.05, 0.1) is 6.67 Å². The molecule has 1 saturated heterocycles. The molecule has 0 atom stereocenters. The molecule has 0 aliphatic carbocycles. The topological polar surface area (TPSA) is 60.9 Å². The predicted molar refractivity (Wildman–Crippen MR) is 81.5 cm³/mol. The zero-order chi connectivity index (χ0) is 17.1. The Morgan fingerprint density at radius 2 is 1.61 bits per heavy atom. The van der Waals surface area contributed by atoms with Crippen molar-refractivity contribution in [2.24, 2.45) is 5.92 Å². The van der Waals surface area contributed by atoms with Gasteiger partial charge in [-0.2, -0.15) is 0 Å². The van der Waals surface area contributed by atoms with Gasteiger partial charge in [0, 0.05) is 13.1 Å². The second-order valence-corrected chi connectivity index (χ2v) is 6.11. The van der Waals surface area contributed by atoms with Crippen LogP contribution in [0.2, 0.25) is 0 Å². The van der Waals surface area contributed by atoms with Crippen molar-refractivity contribution in [3.8, 4) is 0 Å². The minimum absolute atomic E-state index is 0.00930. The maximum absolute atomic E-state index is 12.9. The van der Waals surface area contributed by atoms with Gasteiger partial charge in [0.15, 0.2) is 0 Å². The van der Waals surface area contributed by atoms with Crippen LogP contribution in [0.5, 0.6) is 0 Å². The fraction of sp³-hybridized carbons (Fsp3) is 0.438. The van der Waals surface area contributed by atoms with Crippen molar-refractivity contribution >= 4 is 17.8 Å². The average Bonchev–Trinajstić information content (AvgIpc) is 2.67. The number of carbonyl (C=O) groups is 3. The van der Waals surface area contributed by atoms with Crippen molar-refractivity contribution in [2.45, 2.75) is 20.4 Å². The zero-order valence-corrected chi connectivity index (χ0v) is 13.5. The second kappa shape index (κ2) is 6.87. The molecule has 0 N–H and O–H groups in total. The Morgan fingerprint density at radius 3 is 2.17 bits per heavy atom. The van der Waals surface area contributed by atoms with Crippen molar-refractivity contribution in [3.63, 3.8) is 0 Å². The van der Waals surface area contributed by atoms with E-state index in [1.807, 2.05) is 13.8 Å². The van der Waals surface area contributed by atoms with Crippen molar-refractivity contribution in [1.82, 2.24) is 14.7 Å². The molecule has 6 nitrogen and oxygen atoms in total. The van der Waals surface area contributed by atoms with Gasteiger partial charge in [-0.15, -0.1) is 0 Å². The highest BCUT2D eigenvalue weighted by Crippen LogP contribution is 2.15. The molecule has 1 heterocycles. The lowest BCUT2D eigenvalue weighted by atomic mass is 10.2. The molecule has 1 aliphatic rings. The summed E-state index contributed by atoms with van der Waals surface area (Å²) in [6.07, 6.45) is 0. The summed E-state index contributed by atoms with van der Waals surface area (Å²) in [6.45, 7) is 4.40. The zero-order valence-electron chi connectivity index (χ0n) is 13.5. The van der Waals surface area contributed by atoms with Crippen LogP contribution in [-0.4, -0.2) is 52.8 Å². The molecule has 4 amide bonds. The van der Waals surface area contributed by atoms with E-state index in [0.29, 0.717) is 6.54 Å². The first-order valence-corrected chi connectivity index (χ1v) is 7.40. The first-order chi connectivity index (χ1) is 10.8. The van der Waals surface area contributed by atoms with E-state index in [-0.39, 0.29) is 24.9 Å². The quantitative estimate of drug-likeness (QED) is 0.590. The number of amides is 4. The predicted octanol–water partition coefficient (Wildman–Crippen LogP) is 1.66.